The lowest BCUT2D eigenvalue weighted by molar-refractivity contribution is -0.124. The minimum atomic E-state index is -0.447. The van der Waals surface area contributed by atoms with E-state index in [1.165, 1.54) is 19.3 Å². The van der Waals surface area contributed by atoms with Gasteiger partial charge in [-0.2, -0.15) is 0 Å². The number of anilines is 1. The molecule has 1 unspecified atom stereocenters. The van der Waals surface area contributed by atoms with Gasteiger partial charge in [-0.05, 0) is 55.7 Å². The molecule has 3 rings (SSSR count). The van der Waals surface area contributed by atoms with Gasteiger partial charge in [-0.15, -0.1) is 0 Å². The monoisotopic (exact) mass is 332 g/mol. The molecule has 0 aromatic carbocycles. The van der Waals surface area contributed by atoms with Crippen molar-refractivity contribution in [1.82, 2.24) is 10.3 Å². The van der Waals surface area contributed by atoms with E-state index >= 15 is 0 Å². The number of nitrogens with two attached hydrogens (primary N) is 1. The quantitative estimate of drug-likeness (QED) is 0.853. The second-order valence-corrected chi connectivity index (χ2v) is 6.76. The standard InChI is InChI=1S/C18H28N4O2/c19-17(15-5-10-24-11-6-15)18(23)21-13-14-4-7-20-16(12-14)22-8-2-1-3-9-22/h4,7,12,15,17H,1-3,5-6,8-11,13,19H2,(H,21,23). The molecular weight excluding hydrogens is 304 g/mol. The van der Waals surface area contributed by atoms with Crippen molar-refractivity contribution in [3.63, 3.8) is 0 Å². The van der Waals surface area contributed by atoms with E-state index in [4.69, 9.17) is 10.5 Å². The Hall–Kier alpha value is -1.66. The Morgan fingerprint density at radius 3 is 2.83 bits per heavy atom. The number of pyridine rings is 1. The fraction of sp³-hybridized carbons (Fsp3) is 0.667. The predicted molar refractivity (Wildman–Crippen MR) is 93.7 cm³/mol. The molecular formula is C18H28N4O2. The number of piperidine rings is 1. The van der Waals surface area contributed by atoms with Crippen molar-refractivity contribution in [3.8, 4) is 0 Å². The van der Waals surface area contributed by atoms with Gasteiger partial charge in [-0.1, -0.05) is 0 Å². The van der Waals surface area contributed by atoms with Crippen LogP contribution in [-0.4, -0.2) is 43.2 Å². The van der Waals surface area contributed by atoms with Gasteiger partial charge in [-0.3, -0.25) is 4.79 Å². The van der Waals surface area contributed by atoms with Crippen LogP contribution >= 0.6 is 0 Å². The molecule has 6 nitrogen and oxygen atoms in total. The molecule has 2 fully saturated rings. The lowest BCUT2D eigenvalue weighted by Crippen LogP contribution is -2.46. The normalized spacial score (nSPS) is 20.6. The lowest BCUT2D eigenvalue weighted by Gasteiger charge is -2.28. The van der Waals surface area contributed by atoms with Crippen molar-refractivity contribution in [1.29, 1.82) is 0 Å². The van der Waals surface area contributed by atoms with Crippen LogP contribution in [0.4, 0.5) is 5.82 Å². The van der Waals surface area contributed by atoms with E-state index in [1.807, 2.05) is 12.3 Å². The van der Waals surface area contributed by atoms with Crippen LogP contribution in [-0.2, 0) is 16.1 Å². The molecule has 3 N–H and O–H groups in total. The third kappa shape index (κ3) is 4.45. The molecule has 1 atom stereocenters. The minimum absolute atomic E-state index is 0.0711. The van der Waals surface area contributed by atoms with Crippen LogP contribution in [0.1, 0.15) is 37.7 Å². The highest BCUT2D eigenvalue weighted by Gasteiger charge is 2.26. The lowest BCUT2D eigenvalue weighted by atomic mass is 9.92. The Morgan fingerprint density at radius 1 is 1.33 bits per heavy atom. The summed E-state index contributed by atoms with van der Waals surface area (Å²) in [5.41, 5.74) is 7.18. The van der Waals surface area contributed by atoms with Crippen LogP contribution in [0.3, 0.4) is 0 Å². The van der Waals surface area contributed by atoms with Gasteiger partial charge in [0.05, 0.1) is 6.04 Å². The second kappa shape index (κ2) is 8.44. The fourth-order valence-corrected chi connectivity index (χ4v) is 3.46. The number of carbonyl (C=O) groups excluding carboxylic acids is 1. The number of hydrogen-bond acceptors (Lipinski definition) is 5. The average Bonchev–Trinajstić information content (AvgIpc) is 2.67. The summed E-state index contributed by atoms with van der Waals surface area (Å²) < 4.78 is 5.33. The Balaban J connectivity index is 1.53. The predicted octanol–water partition coefficient (Wildman–Crippen LogP) is 1.44. The number of rotatable bonds is 5. The van der Waals surface area contributed by atoms with Crippen LogP contribution in [0.2, 0.25) is 0 Å². The van der Waals surface area contributed by atoms with Gasteiger partial charge in [0.15, 0.2) is 0 Å². The number of amides is 1. The zero-order valence-corrected chi connectivity index (χ0v) is 14.2. The highest BCUT2D eigenvalue weighted by Crippen LogP contribution is 2.19. The Morgan fingerprint density at radius 2 is 2.08 bits per heavy atom. The first-order valence-electron chi connectivity index (χ1n) is 9.05. The number of carbonyl (C=O) groups is 1. The maximum Gasteiger partial charge on any atom is 0.237 e. The summed E-state index contributed by atoms with van der Waals surface area (Å²) in [6.45, 7) is 4.04. The van der Waals surface area contributed by atoms with Crippen molar-refractivity contribution in [2.75, 3.05) is 31.2 Å². The van der Waals surface area contributed by atoms with E-state index in [0.717, 1.165) is 37.3 Å². The van der Waals surface area contributed by atoms with Crippen LogP contribution in [0, 0.1) is 5.92 Å². The number of aromatic nitrogens is 1. The summed E-state index contributed by atoms with van der Waals surface area (Å²) in [7, 11) is 0. The number of hydrogen-bond donors (Lipinski definition) is 2. The average molecular weight is 332 g/mol. The maximum atomic E-state index is 12.3. The van der Waals surface area contributed by atoms with E-state index in [1.54, 1.807) is 0 Å². The van der Waals surface area contributed by atoms with Gasteiger partial charge in [0.2, 0.25) is 5.91 Å². The van der Waals surface area contributed by atoms with Crippen LogP contribution in [0.25, 0.3) is 0 Å². The fourth-order valence-electron chi connectivity index (χ4n) is 3.46. The van der Waals surface area contributed by atoms with Gasteiger partial charge in [0, 0.05) is 39.0 Å². The van der Waals surface area contributed by atoms with E-state index < -0.39 is 6.04 Å². The van der Waals surface area contributed by atoms with E-state index in [0.29, 0.717) is 19.8 Å². The summed E-state index contributed by atoms with van der Waals surface area (Å²) in [5, 5.41) is 2.98. The molecule has 6 heteroatoms. The zero-order chi connectivity index (χ0) is 16.8. The van der Waals surface area contributed by atoms with Gasteiger partial charge in [0.25, 0.3) is 0 Å². The number of ether oxygens (including phenoxy) is 1. The van der Waals surface area contributed by atoms with Crippen molar-refractivity contribution < 1.29 is 9.53 Å². The minimum Gasteiger partial charge on any atom is -0.381 e. The first-order valence-corrected chi connectivity index (χ1v) is 9.05. The molecule has 0 saturated carbocycles. The van der Waals surface area contributed by atoms with E-state index in [-0.39, 0.29) is 11.8 Å². The van der Waals surface area contributed by atoms with Crippen molar-refractivity contribution >= 4 is 11.7 Å². The van der Waals surface area contributed by atoms with Gasteiger partial charge >= 0.3 is 0 Å². The van der Waals surface area contributed by atoms with Gasteiger partial charge in [0.1, 0.15) is 5.82 Å². The maximum absolute atomic E-state index is 12.3. The molecule has 1 amide bonds. The Bertz CT molecular complexity index is 540. The second-order valence-electron chi connectivity index (χ2n) is 6.76. The molecule has 0 bridgehead atoms. The summed E-state index contributed by atoms with van der Waals surface area (Å²) in [4.78, 5) is 19.1. The van der Waals surface area contributed by atoms with Crippen molar-refractivity contribution in [2.45, 2.75) is 44.7 Å². The van der Waals surface area contributed by atoms with E-state index in [2.05, 4.69) is 21.3 Å². The van der Waals surface area contributed by atoms with Crippen molar-refractivity contribution in [3.05, 3.63) is 23.9 Å². The summed E-state index contributed by atoms with van der Waals surface area (Å²) >= 11 is 0. The SMILES string of the molecule is NC(C(=O)NCc1ccnc(N2CCCCC2)c1)C1CCOCC1. The molecule has 24 heavy (non-hydrogen) atoms. The largest absolute Gasteiger partial charge is 0.381 e. The van der Waals surface area contributed by atoms with Crippen LogP contribution < -0.4 is 16.0 Å². The summed E-state index contributed by atoms with van der Waals surface area (Å²) in [6, 6.07) is 3.58. The summed E-state index contributed by atoms with van der Waals surface area (Å²) in [6.07, 6.45) is 7.30. The zero-order valence-electron chi connectivity index (χ0n) is 14.2. The first kappa shape index (κ1) is 17.2. The molecule has 2 saturated heterocycles. The molecule has 1 aromatic rings. The van der Waals surface area contributed by atoms with E-state index in [9.17, 15) is 4.79 Å². The molecule has 2 aliphatic rings. The number of nitrogens with one attached hydrogen (secondary N) is 1. The molecule has 1 aromatic heterocycles. The van der Waals surface area contributed by atoms with Crippen LogP contribution in [0.5, 0.6) is 0 Å². The Kier molecular flexibility index (Phi) is 6.04. The molecule has 0 radical (unpaired) electrons. The van der Waals surface area contributed by atoms with Gasteiger partial charge < -0.3 is 20.7 Å². The third-order valence-electron chi connectivity index (χ3n) is 5.03. The molecule has 132 valence electrons. The van der Waals surface area contributed by atoms with Gasteiger partial charge in [-0.25, -0.2) is 4.98 Å². The smallest absolute Gasteiger partial charge is 0.237 e. The topological polar surface area (TPSA) is 80.5 Å². The number of nitrogens with zero attached hydrogens (tertiary/aromatic N) is 2. The summed E-state index contributed by atoms with van der Waals surface area (Å²) in [5.74, 6) is 1.16. The molecule has 2 aliphatic heterocycles. The van der Waals surface area contributed by atoms with Crippen LogP contribution in [0.15, 0.2) is 18.3 Å². The molecule has 3 heterocycles. The Labute approximate surface area is 143 Å². The highest BCUT2D eigenvalue weighted by molar-refractivity contribution is 5.81. The molecule has 0 aliphatic carbocycles. The highest BCUT2D eigenvalue weighted by atomic mass is 16.5. The molecule has 0 spiro atoms. The van der Waals surface area contributed by atoms with Crippen molar-refractivity contribution in [2.24, 2.45) is 11.7 Å². The third-order valence-corrected chi connectivity index (χ3v) is 5.03. The first-order chi connectivity index (χ1) is 11.7.